The Morgan fingerprint density at radius 1 is 0.833 bits per heavy atom. The van der Waals surface area contributed by atoms with Crippen LogP contribution >= 0.6 is 0 Å². The van der Waals surface area contributed by atoms with E-state index in [1.807, 2.05) is 29.2 Å². The van der Waals surface area contributed by atoms with E-state index in [-0.39, 0.29) is 11.9 Å². The van der Waals surface area contributed by atoms with Gasteiger partial charge in [0.1, 0.15) is 17.2 Å². The molecule has 36 heavy (non-hydrogen) atoms. The largest absolute Gasteiger partial charge is 0.497 e. The third kappa shape index (κ3) is 4.83. The van der Waals surface area contributed by atoms with Crippen LogP contribution in [0.25, 0.3) is 11.3 Å². The summed E-state index contributed by atoms with van der Waals surface area (Å²) in [4.78, 5) is 17.6. The van der Waals surface area contributed by atoms with E-state index in [4.69, 9.17) is 9.47 Å². The number of rotatable bonds is 7. The van der Waals surface area contributed by atoms with Crippen LogP contribution in [0.15, 0.2) is 84.9 Å². The molecule has 1 saturated heterocycles. The first-order valence-corrected chi connectivity index (χ1v) is 12.1. The van der Waals surface area contributed by atoms with Crippen molar-refractivity contribution in [1.82, 2.24) is 20.0 Å². The highest BCUT2D eigenvalue weighted by atomic mass is 16.5. The average Bonchev–Trinajstić information content (AvgIpc) is 3.44. The number of H-pyrrole nitrogens is 1. The van der Waals surface area contributed by atoms with Crippen LogP contribution < -0.4 is 9.47 Å². The van der Waals surface area contributed by atoms with Crippen molar-refractivity contribution in [3.05, 3.63) is 102 Å². The second kappa shape index (κ2) is 10.7. The third-order valence-corrected chi connectivity index (χ3v) is 6.69. The van der Waals surface area contributed by atoms with Crippen molar-refractivity contribution < 1.29 is 14.3 Å². The van der Waals surface area contributed by atoms with Crippen molar-refractivity contribution in [3.8, 4) is 22.8 Å². The Labute approximate surface area is 211 Å². The molecule has 184 valence electrons. The molecule has 0 saturated carbocycles. The molecular formula is C29H30N4O3. The highest BCUT2D eigenvalue weighted by Gasteiger charge is 2.29. The summed E-state index contributed by atoms with van der Waals surface area (Å²) in [6, 6.07) is 28.6. The minimum absolute atomic E-state index is 0.0446. The molecule has 0 spiro atoms. The first kappa shape index (κ1) is 23.6. The fraction of sp³-hybridized carbons (Fsp3) is 0.241. The summed E-state index contributed by atoms with van der Waals surface area (Å²) in [6.45, 7) is 2.87. The molecule has 5 rings (SSSR count). The van der Waals surface area contributed by atoms with Crippen LogP contribution in [0.4, 0.5) is 0 Å². The number of amides is 1. The highest BCUT2D eigenvalue weighted by Crippen LogP contribution is 2.33. The molecule has 7 heteroatoms. The smallest absolute Gasteiger partial charge is 0.271 e. The maximum Gasteiger partial charge on any atom is 0.271 e. The Hall–Kier alpha value is -4.10. The minimum atomic E-state index is -0.0446. The van der Waals surface area contributed by atoms with Gasteiger partial charge in [0.2, 0.25) is 0 Å². The number of aromatic nitrogens is 2. The predicted octanol–water partition coefficient (Wildman–Crippen LogP) is 4.64. The van der Waals surface area contributed by atoms with Gasteiger partial charge in [-0.15, -0.1) is 0 Å². The lowest BCUT2D eigenvalue weighted by Gasteiger charge is -2.39. The van der Waals surface area contributed by atoms with Gasteiger partial charge in [0.05, 0.1) is 26.0 Å². The van der Waals surface area contributed by atoms with E-state index < -0.39 is 0 Å². The SMILES string of the molecule is COc1ccc(-c2cc(C(=O)N3CCN(C(c4ccccc4)c4ccccc4)CC3)[nH]n2)c(OC)c1. The molecule has 1 aliphatic heterocycles. The van der Waals surface area contributed by atoms with Crippen LogP contribution in [0.2, 0.25) is 0 Å². The lowest BCUT2D eigenvalue weighted by atomic mass is 9.96. The Bertz CT molecular complexity index is 1260. The van der Waals surface area contributed by atoms with Crippen molar-refractivity contribution in [2.75, 3.05) is 40.4 Å². The molecule has 1 N–H and O–H groups in total. The van der Waals surface area contributed by atoms with E-state index in [1.54, 1.807) is 26.4 Å². The first-order chi connectivity index (χ1) is 17.7. The van der Waals surface area contributed by atoms with Gasteiger partial charge in [-0.3, -0.25) is 14.8 Å². The number of benzene rings is 3. The number of methoxy groups -OCH3 is 2. The van der Waals surface area contributed by atoms with Crippen molar-refractivity contribution in [3.63, 3.8) is 0 Å². The third-order valence-electron chi connectivity index (χ3n) is 6.69. The molecule has 1 fully saturated rings. The van der Waals surface area contributed by atoms with Gasteiger partial charge < -0.3 is 14.4 Å². The Balaban J connectivity index is 1.30. The van der Waals surface area contributed by atoms with E-state index >= 15 is 0 Å². The number of hydrogen-bond donors (Lipinski definition) is 1. The van der Waals surface area contributed by atoms with Crippen molar-refractivity contribution in [2.45, 2.75) is 6.04 Å². The van der Waals surface area contributed by atoms with Gasteiger partial charge >= 0.3 is 0 Å². The number of aromatic amines is 1. The lowest BCUT2D eigenvalue weighted by Crippen LogP contribution is -2.50. The fourth-order valence-electron chi connectivity index (χ4n) is 4.82. The van der Waals surface area contributed by atoms with E-state index in [0.717, 1.165) is 18.7 Å². The molecule has 1 amide bonds. The number of carbonyl (C=O) groups is 1. The standard InChI is InChI=1S/C29H30N4O3/c1-35-23-13-14-24(27(19-23)36-2)25-20-26(31-30-25)29(34)33-17-15-32(16-18-33)28(21-9-5-3-6-10-21)22-11-7-4-8-12-22/h3-14,19-20,28H,15-18H2,1-2H3,(H,30,31). The molecule has 0 aliphatic carbocycles. The lowest BCUT2D eigenvalue weighted by molar-refractivity contribution is 0.0592. The zero-order valence-corrected chi connectivity index (χ0v) is 20.6. The summed E-state index contributed by atoms with van der Waals surface area (Å²) in [7, 11) is 3.22. The van der Waals surface area contributed by atoms with Gasteiger partial charge in [0.25, 0.3) is 5.91 Å². The van der Waals surface area contributed by atoms with Gasteiger partial charge in [-0.1, -0.05) is 60.7 Å². The first-order valence-electron chi connectivity index (χ1n) is 12.1. The monoisotopic (exact) mass is 482 g/mol. The van der Waals surface area contributed by atoms with E-state index in [1.165, 1.54) is 11.1 Å². The number of nitrogens with one attached hydrogen (secondary N) is 1. The molecule has 0 unspecified atom stereocenters. The van der Waals surface area contributed by atoms with Gasteiger partial charge in [0, 0.05) is 37.8 Å². The molecule has 0 radical (unpaired) electrons. The summed E-state index contributed by atoms with van der Waals surface area (Å²) < 4.78 is 10.8. The summed E-state index contributed by atoms with van der Waals surface area (Å²) in [5.41, 5.74) is 4.45. The molecule has 0 bridgehead atoms. The number of ether oxygens (including phenoxy) is 2. The van der Waals surface area contributed by atoms with E-state index in [2.05, 4.69) is 63.6 Å². The summed E-state index contributed by atoms with van der Waals surface area (Å²) in [5.74, 6) is 1.29. The Morgan fingerprint density at radius 3 is 2.06 bits per heavy atom. The molecule has 3 aromatic carbocycles. The average molecular weight is 483 g/mol. The Morgan fingerprint density at radius 2 is 1.47 bits per heavy atom. The summed E-state index contributed by atoms with van der Waals surface area (Å²) >= 11 is 0. The van der Waals surface area contributed by atoms with Crippen LogP contribution in [-0.2, 0) is 0 Å². The number of piperazine rings is 1. The molecule has 0 atom stereocenters. The number of nitrogens with zero attached hydrogens (tertiary/aromatic N) is 3. The van der Waals surface area contributed by atoms with Crippen LogP contribution in [0.5, 0.6) is 11.5 Å². The Kier molecular flexibility index (Phi) is 7.00. The van der Waals surface area contributed by atoms with Crippen molar-refractivity contribution >= 4 is 5.91 Å². The quantitative estimate of drug-likeness (QED) is 0.416. The molecule has 1 aliphatic rings. The number of carbonyl (C=O) groups excluding carboxylic acids is 1. The van der Waals surface area contributed by atoms with Gasteiger partial charge in [0.15, 0.2) is 0 Å². The van der Waals surface area contributed by atoms with Gasteiger partial charge in [-0.05, 0) is 29.3 Å². The molecular weight excluding hydrogens is 452 g/mol. The zero-order valence-electron chi connectivity index (χ0n) is 20.6. The predicted molar refractivity (Wildman–Crippen MR) is 139 cm³/mol. The van der Waals surface area contributed by atoms with Crippen molar-refractivity contribution in [2.24, 2.45) is 0 Å². The molecule has 2 heterocycles. The molecule has 1 aromatic heterocycles. The van der Waals surface area contributed by atoms with Gasteiger partial charge in [-0.25, -0.2) is 0 Å². The second-order valence-electron chi connectivity index (χ2n) is 8.79. The van der Waals surface area contributed by atoms with E-state index in [0.29, 0.717) is 36.0 Å². The maximum absolute atomic E-state index is 13.3. The van der Waals surface area contributed by atoms with Crippen LogP contribution in [0.1, 0.15) is 27.7 Å². The molecule has 7 nitrogen and oxygen atoms in total. The van der Waals surface area contributed by atoms with Crippen LogP contribution in [0.3, 0.4) is 0 Å². The van der Waals surface area contributed by atoms with Crippen LogP contribution in [0, 0.1) is 0 Å². The van der Waals surface area contributed by atoms with E-state index in [9.17, 15) is 4.79 Å². The fourth-order valence-corrected chi connectivity index (χ4v) is 4.82. The number of hydrogen-bond acceptors (Lipinski definition) is 5. The second-order valence-corrected chi connectivity index (χ2v) is 8.79. The van der Waals surface area contributed by atoms with Crippen LogP contribution in [-0.4, -0.2) is 66.3 Å². The highest BCUT2D eigenvalue weighted by molar-refractivity contribution is 5.93. The van der Waals surface area contributed by atoms with Gasteiger partial charge in [-0.2, -0.15) is 5.10 Å². The molecule has 4 aromatic rings. The van der Waals surface area contributed by atoms with Crippen molar-refractivity contribution in [1.29, 1.82) is 0 Å². The topological polar surface area (TPSA) is 70.7 Å². The maximum atomic E-state index is 13.3. The minimum Gasteiger partial charge on any atom is -0.497 e. The normalized spacial score (nSPS) is 14.1. The summed E-state index contributed by atoms with van der Waals surface area (Å²) in [6.07, 6.45) is 0. The summed E-state index contributed by atoms with van der Waals surface area (Å²) in [5, 5.41) is 7.31. The zero-order chi connectivity index (χ0) is 24.9.